The molecule has 38 heavy (non-hydrogen) atoms. The van der Waals surface area contributed by atoms with E-state index in [1.54, 1.807) is 60.0 Å². The van der Waals surface area contributed by atoms with Gasteiger partial charge in [0.2, 0.25) is 0 Å². The van der Waals surface area contributed by atoms with Gasteiger partial charge in [0.25, 0.3) is 0 Å². The van der Waals surface area contributed by atoms with Gasteiger partial charge in [-0.3, -0.25) is 4.79 Å². The van der Waals surface area contributed by atoms with Crippen LogP contribution in [-0.2, 0) is 11.3 Å². The Hall–Kier alpha value is -4.47. The molecule has 0 bridgehead atoms. The molecule has 1 N–H and O–H groups in total. The number of fused-ring (bicyclic) bond motifs is 1. The number of rotatable bonds is 9. The molecular formula is C28H24F3NO6. The average Bonchev–Trinajstić information content (AvgIpc) is 3.14. The molecular weight excluding hydrogens is 503 g/mol. The van der Waals surface area contributed by atoms with Crippen molar-refractivity contribution < 1.29 is 42.1 Å². The van der Waals surface area contributed by atoms with Crippen molar-refractivity contribution in [2.75, 3.05) is 7.11 Å². The van der Waals surface area contributed by atoms with Gasteiger partial charge in [-0.2, -0.15) is 0 Å². The fourth-order valence-corrected chi connectivity index (χ4v) is 4.14. The first-order valence-corrected chi connectivity index (χ1v) is 11.5. The van der Waals surface area contributed by atoms with E-state index in [4.69, 9.17) is 14.6 Å². The SMILES string of the molecule is COc1ccc(C(=O)c2c(C)n(Cc3ccc(O[C@H](C)C(=O)O)cc3)c3cc(OC(F)(F)F)ccc23)cc1. The number of methoxy groups -OCH3 is 1. The van der Waals surface area contributed by atoms with Gasteiger partial charge in [0, 0.05) is 29.3 Å². The van der Waals surface area contributed by atoms with E-state index in [9.17, 15) is 22.8 Å². The number of carboxylic acid groups (broad SMARTS) is 1. The first kappa shape index (κ1) is 26.6. The first-order valence-electron chi connectivity index (χ1n) is 11.5. The third-order valence-corrected chi connectivity index (χ3v) is 6.03. The molecule has 0 aliphatic heterocycles. The second kappa shape index (κ2) is 10.5. The van der Waals surface area contributed by atoms with E-state index >= 15 is 0 Å². The number of aliphatic carboxylic acids is 1. The average molecular weight is 527 g/mol. The largest absolute Gasteiger partial charge is 0.573 e. The molecule has 0 unspecified atom stereocenters. The Bertz CT molecular complexity index is 1470. The zero-order chi connectivity index (χ0) is 27.6. The van der Waals surface area contributed by atoms with Crippen LogP contribution in [0.15, 0.2) is 66.7 Å². The molecule has 0 aliphatic carbocycles. The fourth-order valence-electron chi connectivity index (χ4n) is 4.14. The van der Waals surface area contributed by atoms with Crippen LogP contribution in [-0.4, -0.2) is 41.0 Å². The van der Waals surface area contributed by atoms with Crippen LogP contribution in [0.25, 0.3) is 10.9 Å². The van der Waals surface area contributed by atoms with Gasteiger partial charge in [-0.1, -0.05) is 12.1 Å². The van der Waals surface area contributed by atoms with E-state index in [0.29, 0.717) is 39.2 Å². The van der Waals surface area contributed by atoms with E-state index in [2.05, 4.69) is 4.74 Å². The molecule has 7 nitrogen and oxygen atoms in total. The molecule has 1 heterocycles. The van der Waals surface area contributed by atoms with Crippen molar-refractivity contribution in [2.24, 2.45) is 0 Å². The molecule has 4 aromatic rings. The molecule has 0 aliphatic rings. The molecule has 1 atom stereocenters. The van der Waals surface area contributed by atoms with Crippen molar-refractivity contribution >= 4 is 22.7 Å². The van der Waals surface area contributed by atoms with Crippen molar-refractivity contribution in [3.63, 3.8) is 0 Å². The van der Waals surface area contributed by atoms with Crippen LogP contribution in [0.2, 0.25) is 0 Å². The number of ether oxygens (including phenoxy) is 3. The van der Waals surface area contributed by atoms with Gasteiger partial charge < -0.3 is 23.9 Å². The summed E-state index contributed by atoms with van der Waals surface area (Å²) in [6.45, 7) is 3.36. The Morgan fingerprint density at radius 3 is 2.13 bits per heavy atom. The summed E-state index contributed by atoms with van der Waals surface area (Å²) < 4.78 is 55.1. The lowest BCUT2D eigenvalue weighted by Gasteiger charge is -2.13. The minimum absolute atomic E-state index is 0.225. The molecule has 0 spiro atoms. The van der Waals surface area contributed by atoms with Crippen LogP contribution < -0.4 is 14.2 Å². The zero-order valence-corrected chi connectivity index (χ0v) is 20.7. The quantitative estimate of drug-likeness (QED) is 0.269. The second-order valence-electron chi connectivity index (χ2n) is 8.57. The van der Waals surface area contributed by atoms with Gasteiger partial charge in [0.1, 0.15) is 17.2 Å². The summed E-state index contributed by atoms with van der Waals surface area (Å²) in [6, 6.07) is 17.1. The summed E-state index contributed by atoms with van der Waals surface area (Å²) in [5, 5.41) is 9.51. The standard InChI is InChI=1S/C28H24F3NO6/c1-16-25(26(33)19-6-10-20(36-3)11-7-19)23-13-12-22(38-28(29,30)31)14-24(23)32(16)15-18-4-8-21(9-5-18)37-17(2)27(34)35/h4-14,17H,15H2,1-3H3,(H,34,35)/t17-/m1/s1. The van der Waals surface area contributed by atoms with Crippen molar-refractivity contribution in [2.45, 2.75) is 32.9 Å². The normalized spacial score (nSPS) is 12.3. The van der Waals surface area contributed by atoms with Crippen molar-refractivity contribution in [1.82, 2.24) is 4.57 Å². The minimum atomic E-state index is -4.87. The van der Waals surface area contributed by atoms with Crippen molar-refractivity contribution in [3.8, 4) is 17.2 Å². The van der Waals surface area contributed by atoms with Crippen molar-refractivity contribution in [1.29, 1.82) is 0 Å². The van der Waals surface area contributed by atoms with E-state index in [-0.39, 0.29) is 12.3 Å². The van der Waals surface area contributed by atoms with Crippen LogP contribution in [0.1, 0.15) is 34.1 Å². The predicted octanol–water partition coefficient (Wildman–Crippen LogP) is 5.99. The Labute approximate surface area is 216 Å². The molecule has 1 aromatic heterocycles. The Balaban J connectivity index is 1.76. The molecule has 0 saturated heterocycles. The van der Waals surface area contributed by atoms with Gasteiger partial charge >= 0.3 is 12.3 Å². The summed E-state index contributed by atoms with van der Waals surface area (Å²) in [5.74, 6) is -0.855. The summed E-state index contributed by atoms with van der Waals surface area (Å²) in [7, 11) is 1.51. The lowest BCUT2D eigenvalue weighted by molar-refractivity contribution is -0.274. The monoisotopic (exact) mass is 527 g/mol. The van der Waals surface area contributed by atoms with Gasteiger partial charge in [-0.25, -0.2) is 4.79 Å². The molecule has 0 amide bonds. The molecule has 0 radical (unpaired) electrons. The number of nitrogens with zero attached hydrogens (tertiary/aromatic N) is 1. The smallest absolute Gasteiger partial charge is 0.497 e. The number of carbonyl (C=O) groups is 2. The summed E-state index contributed by atoms with van der Waals surface area (Å²) in [5.41, 5.74) is 2.47. The van der Waals surface area contributed by atoms with Gasteiger partial charge in [-0.05, 0) is 67.9 Å². The topological polar surface area (TPSA) is 87.0 Å². The number of carbonyl (C=O) groups excluding carboxylic acids is 1. The minimum Gasteiger partial charge on any atom is -0.497 e. The maximum absolute atomic E-state index is 13.5. The van der Waals surface area contributed by atoms with E-state index < -0.39 is 24.2 Å². The number of halogens is 3. The Kier molecular flexibility index (Phi) is 7.34. The third kappa shape index (κ3) is 5.74. The molecule has 3 aromatic carbocycles. The van der Waals surface area contributed by atoms with Crippen LogP contribution in [0.4, 0.5) is 13.2 Å². The lowest BCUT2D eigenvalue weighted by atomic mass is 10.0. The Morgan fingerprint density at radius 1 is 0.947 bits per heavy atom. The van der Waals surface area contributed by atoms with Gasteiger partial charge in [-0.15, -0.1) is 13.2 Å². The maximum atomic E-state index is 13.5. The summed E-state index contributed by atoms with van der Waals surface area (Å²) in [4.78, 5) is 24.6. The molecule has 4 rings (SSSR count). The highest BCUT2D eigenvalue weighted by Gasteiger charge is 2.31. The number of ketones is 1. The van der Waals surface area contributed by atoms with Crippen LogP contribution in [0.3, 0.4) is 0 Å². The third-order valence-electron chi connectivity index (χ3n) is 6.03. The number of alkyl halides is 3. The maximum Gasteiger partial charge on any atom is 0.573 e. The first-order chi connectivity index (χ1) is 18.0. The predicted molar refractivity (Wildman–Crippen MR) is 133 cm³/mol. The highest BCUT2D eigenvalue weighted by atomic mass is 19.4. The summed E-state index contributed by atoms with van der Waals surface area (Å²) in [6.07, 6.45) is -5.90. The Morgan fingerprint density at radius 2 is 1.55 bits per heavy atom. The molecule has 10 heteroatoms. The fraction of sp³-hybridized carbons (Fsp3) is 0.214. The summed E-state index contributed by atoms with van der Waals surface area (Å²) >= 11 is 0. The number of benzene rings is 3. The number of hydrogen-bond donors (Lipinski definition) is 1. The molecule has 0 saturated carbocycles. The molecule has 198 valence electrons. The van der Waals surface area contributed by atoms with Crippen LogP contribution in [0.5, 0.6) is 17.2 Å². The second-order valence-corrected chi connectivity index (χ2v) is 8.57. The van der Waals surface area contributed by atoms with Gasteiger partial charge in [0.05, 0.1) is 18.2 Å². The van der Waals surface area contributed by atoms with Crippen LogP contribution in [0, 0.1) is 6.92 Å². The van der Waals surface area contributed by atoms with E-state index in [1.807, 2.05) is 0 Å². The van der Waals surface area contributed by atoms with Crippen LogP contribution >= 0.6 is 0 Å². The highest BCUT2D eigenvalue weighted by Crippen LogP contribution is 2.34. The highest BCUT2D eigenvalue weighted by molar-refractivity contribution is 6.17. The number of aromatic nitrogens is 1. The van der Waals surface area contributed by atoms with Gasteiger partial charge in [0.15, 0.2) is 11.9 Å². The molecule has 0 fully saturated rings. The van der Waals surface area contributed by atoms with E-state index in [0.717, 1.165) is 5.56 Å². The van der Waals surface area contributed by atoms with E-state index in [1.165, 1.54) is 32.2 Å². The lowest BCUT2D eigenvalue weighted by Crippen LogP contribution is -2.22. The number of carboxylic acids is 1. The van der Waals surface area contributed by atoms with Crippen molar-refractivity contribution in [3.05, 3.63) is 89.1 Å². The number of hydrogen-bond acceptors (Lipinski definition) is 5. The zero-order valence-electron chi connectivity index (χ0n) is 20.7.